The van der Waals surface area contributed by atoms with Crippen LogP contribution in [0, 0.1) is 0 Å². The quantitative estimate of drug-likeness (QED) is 0.374. The third kappa shape index (κ3) is 3.25. The van der Waals surface area contributed by atoms with Crippen molar-refractivity contribution in [1.82, 2.24) is 4.48 Å². The monoisotopic (exact) mass is 515 g/mol. The normalized spacial score (nSPS) is 26.0. The Morgan fingerprint density at radius 3 is 2.11 bits per heavy atom. The number of methoxy groups -OCH3 is 2. The number of carbonyl (C=O) groups excluding carboxylic acids is 1. The minimum atomic E-state index is -0.457. The number of rotatable bonds is 5. The summed E-state index contributed by atoms with van der Waals surface area (Å²) in [6.07, 6.45) is 1.89. The largest absolute Gasteiger partial charge is 0.506 e. The van der Waals surface area contributed by atoms with Crippen LogP contribution in [0.3, 0.4) is 0 Å². The third-order valence-electron chi connectivity index (χ3n) is 9.02. The molecule has 0 aromatic heterocycles. The minimum Gasteiger partial charge on any atom is -0.506 e. The van der Waals surface area contributed by atoms with Crippen LogP contribution in [0.25, 0.3) is 0 Å². The Kier molecular flexibility index (Phi) is 5.84. The molecule has 0 bridgehead atoms. The lowest BCUT2D eigenvalue weighted by atomic mass is 9.75. The second-order valence-electron chi connectivity index (χ2n) is 11.6. The Morgan fingerprint density at radius 1 is 0.947 bits per heavy atom. The lowest BCUT2D eigenvalue weighted by Crippen LogP contribution is -2.47. The highest BCUT2D eigenvalue weighted by Gasteiger charge is 2.56. The predicted molar refractivity (Wildman–Crippen MR) is 153 cm³/mol. The van der Waals surface area contributed by atoms with Gasteiger partial charge in [0.2, 0.25) is 5.78 Å². The zero-order valence-electron chi connectivity index (χ0n) is 24.0. The van der Waals surface area contributed by atoms with E-state index in [1.54, 1.807) is 14.2 Å². The summed E-state index contributed by atoms with van der Waals surface area (Å²) >= 11 is 0. The van der Waals surface area contributed by atoms with Crippen LogP contribution in [0.2, 0.25) is 0 Å². The standard InChI is InChI=1S/C32H38N2O4/c1-10-33-24-14-12-19(37-8)16-22(24)31(3,4)26(33)18-21-28(35)27(29(21)36)30-32(5,6)23-17-20(38-9)13-15-25(23)34(30,7)11-2/h12-18H,10-11H2,1-9H3/p+1. The van der Waals surface area contributed by atoms with E-state index in [4.69, 9.17) is 9.47 Å². The summed E-state index contributed by atoms with van der Waals surface area (Å²) in [6.45, 7) is 14.3. The van der Waals surface area contributed by atoms with Gasteiger partial charge in [0.25, 0.3) is 0 Å². The summed E-state index contributed by atoms with van der Waals surface area (Å²) in [6, 6.07) is 12.2. The lowest BCUT2D eigenvalue weighted by Gasteiger charge is -2.36. The molecule has 200 valence electrons. The van der Waals surface area contributed by atoms with Gasteiger partial charge in [0, 0.05) is 35.0 Å². The molecule has 2 aromatic carbocycles. The van der Waals surface area contributed by atoms with Gasteiger partial charge in [-0.1, -0.05) is 13.8 Å². The fraction of sp³-hybridized carbons (Fsp3) is 0.406. The number of anilines is 1. The molecule has 0 amide bonds. The average molecular weight is 516 g/mol. The molecule has 1 unspecified atom stereocenters. The molecule has 0 spiro atoms. The van der Waals surface area contributed by atoms with E-state index in [1.165, 1.54) is 0 Å². The molecule has 2 aromatic rings. The van der Waals surface area contributed by atoms with Crippen LogP contribution in [0.15, 0.2) is 70.8 Å². The number of quaternary nitrogens is 1. The van der Waals surface area contributed by atoms with Crippen LogP contribution in [0.4, 0.5) is 11.4 Å². The SMILES string of the molecule is CCN1C(=CC2=C(O)C(=C3C(C)(C)c4cc(OC)ccc4[N+]3(C)CC)C2=O)C(C)(C)c2cc(OC)ccc21. The zero-order valence-corrected chi connectivity index (χ0v) is 24.0. The Morgan fingerprint density at radius 2 is 1.55 bits per heavy atom. The van der Waals surface area contributed by atoms with Gasteiger partial charge < -0.3 is 19.5 Å². The van der Waals surface area contributed by atoms with Crippen LogP contribution in [-0.2, 0) is 15.6 Å². The number of Topliss-reactive ketones (excluding diaryl/α,β-unsaturated/α-hetero) is 1. The third-order valence-corrected chi connectivity index (χ3v) is 9.02. The van der Waals surface area contributed by atoms with Crippen molar-refractivity contribution in [3.8, 4) is 11.5 Å². The Balaban J connectivity index is 1.67. The molecular formula is C32H39N2O4+. The number of likely N-dealkylation sites (N-methyl/N-ethyl adjacent to an activating group) is 2. The summed E-state index contributed by atoms with van der Waals surface area (Å²) in [5.74, 6) is 1.58. The number of fused-ring (bicyclic) bond motifs is 2. The van der Waals surface area contributed by atoms with Gasteiger partial charge in [-0.3, -0.25) is 9.28 Å². The number of aliphatic hydroxyl groups is 1. The second-order valence-corrected chi connectivity index (χ2v) is 11.6. The van der Waals surface area contributed by atoms with E-state index < -0.39 is 5.41 Å². The second kappa shape index (κ2) is 8.50. The van der Waals surface area contributed by atoms with E-state index in [-0.39, 0.29) is 17.0 Å². The summed E-state index contributed by atoms with van der Waals surface area (Å²) in [4.78, 5) is 16.1. The maximum Gasteiger partial charge on any atom is 0.206 e. The van der Waals surface area contributed by atoms with E-state index >= 15 is 0 Å². The highest BCUT2D eigenvalue weighted by molar-refractivity contribution is 6.22. The fourth-order valence-electron chi connectivity index (χ4n) is 6.82. The van der Waals surface area contributed by atoms with Crippen molar-refractivity contribution in [2.75, 3.05) is 39.3 Å². The van der Waals surface area contributed by atoms with Gasteiger partial charge in [0.05, 0.1) is 38.8 Å². The van der Waals surface area contributed by atoms with E-state index in [0.29, 0.717) is 15.6 Å². The number of ketones is 1. The predicted octanol–water partition coefficient (Wildman–Crippen LogP) is 6.30. The molecule has 0 radical (unpaired) electrons. The molecule has 0 saturated heterocycles. The molecule has 38 heavy (non-hydrogen) atoms. The van der Waals surface area contributed by atoms with Crippen molar-refractivity contribution in [1.29, 1.82) is 0 Å². The van der Waals surface area contributed by atoms with Crippen molar-refractivity contribution in [2.24, 2.45) is 0 Å². The van der Waals surface area contributed by atoms with Crippen molar-refractivity contribution >= 4 is 17.2 Å². The van der Waals surface area contributed by atoms with Crippen molar-refractivity contribution in [3.05, 3.63) is 81.9 Å². The molecule has 3 aliphatic rings. The maximum absolute atomic E-state index is 13.9. The van der Waals surface area contributed by atoms with Crippen molar-refractivity contribution in [3.63, 3.8) is 0 Å². The van der Waals surface area contributed by atoms with Crippen molar-refractivity contribution in [2.45, 2.75) is 52.4 Å². The van der Waals surface area contributed by atoms with Crippen LogP contribution >= 0.6 is 0 Å². The summed E-state index contributed by atoms with van der Waals surface area (Å²) < 4.78 is 11.5. The van der Waals surface area contributed by atoms with Gasteiger partial charge in [-0.25, -0.2) is 0 Å². The van der Waals surface area contributed by atoms with Crippen LogP contribution in [0.5, 0.6) is 11.5 Å². The fourth-order valence-corrected chi connectivity index (χ4v) is 6.82. The van der Waals surface area contributed by atoms with Crippen molar-refractivity contribution < 1.29 is 19.4 Å². The van der Waals surface area contributed by atoms with E-state index in [9.17, 15) is 9.90 Å². The van der Waals surface area contributed by atoms with Gasteiger partial charge in [-0.15, -0.1) is 0 Å². The Hall–Kier alpha value is -3.51. The molecule has 0 saturated carbocycles. The first-order chi connectivity index (χ1) is 17.9. The number of nitrogens with zero attached hydrogens (tertiary/aromatic N) is 2. The number of hydrogen-bond donors (Lipinski definition) is 1. The molecule has 6 nitrogen and oxygen atoms in total. The highest BCUT2D eigenvalue weighted by Crippen LogP contribution is 2.56. The van der Waals surface area contributed by atoms with Gasteiger partial charge in [0.15, 0.2) is 0 Å². The number of carbonyl (C=O) groups is 1. The maximum atomic E-state index is 13.9. The zero-order chi connectivity index (χ0) is 27.8. The minimum absolute atomic E-state index is 0.0866. The number of benzene rings is 2. The summed E-state index contributed by atoms with van der Waals surface area (Å²) in [5.41, 5.74) is 6.43. The molecule has 5 rings (SSSR count). The van der Waals surface area contributed by atoms with E-state index in [1.807, 2.05) is 18.2 Å². The first-order valence-electron chi connectivity index (χ1n) is 13.3. The van der Waals surface area contributed by atoms with E-state index in [2.05, 4.69) is 77.8 Å². The van der Waals surface area contributed by atoms with Crippen LogP contribution in [-0.4, -0.2) is 45.2 Å². The topological polar surface area (TPSA) is 59.0 Å². The first-order valence-corrected chi connectivity index (χ1v) is 13.3. The summed E-state index contributed by atoms with van der Waals surface area (Å²) in [5, 5.41) is 11.5. The molecule has 1 aliphatic carbocycles. The molecule has 1 atom stereocenters. The van der Waals surface area contributed by atoms with Gasteiger partial charge >= 0.3 is 0 Å². The van der Waals surface area contributed by atoms with Gasteiger partial charge in [0.1, 0.15) is 34.2 Å². The number of aliphatic hydroxyl groups excluding tert-OH is 1. The Labute approximate surface area is 226 Å². The van der Waals surface area contributed by atoms with Gasteiger partial charge in [-0.2, -0.15) is 0 Å². The van der Waals surface area contributed by atoms with Gasteiger partial charge in [-0.05, 0) is 69.7 Å². The smallest absolute Gasteiger partial charge is 0.206 e. The molecule has 2 heterocycles. The molecular weight excluding hydrogens is 476 g/mol. The molecule has 2 aliphatic heterocycles. The molecule has 6 heteroatoms. The summed E-state index contributed by atoms with van der Waals surface area (Å²) in [7, 11) is 5.46. The molecule has 1 N–H and O–H groups in total. The van der Waals surface area contributed by atoms with Crippen LogP contribution in [0.1, 0.15) is 52.7 Å². The Bertz CT molecular complexity index is 1460. The van der Waals surface area contributed by atoms with Crippen LogP contribution < -0.4 is 18.9 Å². The average Bonchev–Trinajstić information content (AvgIpc) is 3.23. The van der Waals surface area contributed by atoms with E-state index in [0.717, 1.165) is 58.5 Å². The number of ether oxygens (including phenoxy) is 2. The number of hydrogen-bond acceptors (Lipinski definition) is 5. The first kappa shape index (κ1) is 26.1. The number of allylic oxidation sites excluding steroid dienone is 5. The molecule has 0 fully saturated rings. The lowest BCUT2D eigenvalue weighted by molar-refractivity contribution is -0.113. The highest BCUT2D eigenvalue weighted by atomic mass is 16.5.